The van der Waals surface area contributed by atoms with Gasteiger partial charge in [0.15, 0.2) is 0 Å². The van der Waals surface area contributed by atoms with Crippen LogP contribution in [-0.4, -0.2) is 17.0 Å². The second-order valence-corrected chi connectivity index (χ2v) is 5.39. The summed E-state index contributed by atoms with van der Waals surface area (Å²) < 4.78 is 0. The molecular formula is C16H12N2O3S. The first-order valence-electron chi connectivity index (χ1n) is 6.32. The van der Waals surface area contributed by atoms with Gasteiger partial charge in [-0.05, 0) is 42.1 Å². The minimum atomic E-state index is -1.15. The summed E-state index contributed by atoms with van der Waals surface area (Å²) in [5.74, 6) is -1.78. The lowest BCUT2D eigenvalue weighted by Gasteiger charge is -2.07. The molecule has 0 aliphatic heterocycles. The van der Waals surface area contributed by atoms with Crippen molar-refractivity contribution >= 4 is 35.0 Å². The Morgan fingerprint density at radius 3 is 2.64 bits per heavy atom. The number of carbonyl (C=O) groups is 2. The zero-order valence-corrected chi connectivity index (χ0v) is 12.5. The molecule has 0 saturated carbocycles. The number of amides is 1. The topological polar surface area (TPSA) is 90.2 Å². The Labute approximate surface area is 131 Å². The van der Waals surface area contributed by atoms with Crippen LogP contribution < -0.4 is 5.32 Å². The van der Waals surface area contributed by atoms with Crippen LogP contribution in [0.1, 0.15) is 20.8 Å². The van der Waals surface area contributed by atoms with E-state index < -0.39 is 11.9 Å². The lowest BCUT2D eigenvalue weighted by atomic mass is 10.1. The van der Waals surface area contributed by atoms with E-state index in [-0.39, 0.29) is 16.8 Å². The van der Waals surface area contributed by atoms with E-state index >= 15 is 0 Å². The van der Waals surface area contributed by atoms with Crippen LogP contribution in [0.15, 0.2) is 41.3 Å². The predicted octanol–water partition coefficient (Wildman–Crippen LogP) is 3.30. The molecule has 0 bridgehead atoms. The van der Waals surface area contributed by atoms with Crippen molar-refractivity contribution < 1.29 is 14.7 Å². The van der Waals surface area contributed by atoms with Crippen LogP contribution in [0, 0.1) is 18.3 Å². The number of hydrogen-bond acceptors (Lipinski definition) is 4. The number of carboxylic acids is 1. The summed E-state index contributed by atoms with van der Waals surface area (Å²) in [7, 11) is 0. The van der Waals surface area contributed by atoms with E-state index in [2.05, 4.69) is 5.32 Å². The zero-order chi connectivity index (χ0) is 16.1. The Bertz CT molecular complexity index is 800. The summed E-state index contributed by atoms with van der Waals surface area (Å²) >= 11 is 1.42. The van der Waals surface area contributed by atoms with Crippen molar-refractivity contribution in [3.05, 3.63) is 57.3 Å². The highest BCUT2D eigenvalue weighted by molar-refractivity contribution is 7.11. The number of nitrogens with one attached hydrogen (secondary N) is 1. The predicted molar refractivity (Wildman–Crippen MR) is 84.7 cm³/mol. The monoisotopic (exact) mass is 312 g/mol. The van der Waals surface area contributed by atoms with E-state index in [1.165, 1.54) is 29.5 Å². The smallest absolute Gasteiger partial charge is 0.337 e. The number of aromatic carboxylic acids is 1. The van der Waals surface area contributed by atoms with Crippen molar-refractivity contribution in [3.63, 3.8) is 0 Å². The van der Waals surface area contributed by atoms with Gasteiger partial charge < -0.3 is 10.4 Å². The number of rotatable bonds is 4. The van der Waals surface area contributed by atoms with Gasteiger partial charge in [-0.3, -0.25) is 4.79 Å². The first kappa shape index (κ1) is 15.5. The maximum atomic E-state index is 12.2. The summed E-state index contributed by atoms with van der Waals surface area (Å²) in [6.45, 7) is 1.88. The first-order chi connectivity index (χ1) is 10.5. The van der Waals surface area contributed by atoms with Gasteiger partial charge in [0.05, 0.1) is 11.3 Å². The largest absolute Gasteiger partial charge is 0.478 e. The standard InChI is InChI=1S/C16H12N2O3S/c1-10-6-7-22-14(10)8-11(9-17)15(19)18-13-5-3-2-4-12(13)16(20)21/h2-8H,1H3,(H,18,19)(H,20,21). The van der Waals surface area contributed by atoms with Crippen molar-refractivity contribution in [1.29, 1.82) is 5.26 Å². The number of hydrogen-bond donors (Lipinski definition) is 2. The number of nitrogens with zero attached hydrogens (tertiary/aromatic N) is 1. The normalized spacial score (nSPS) is 10.8. The molecule has 0 aliphatic carbocycles. The molecule has 6 heteroatoms. The van der Waals surface area contributed by atoms with Crippen molar-refractivity contribution in [2.45, 2.75) is 6.92 Å². The fourth-order valence-electron chi connectivity index (χ4n) is 1.78. The van der Waals surface area contributed by atoms with Gasteiger partial charge in [0.2, 0.25) is 0 Å². The highest BCUT2D eigenvalue weighted by Gasteiger charge is 2.15. The molecule has 2 aromatic rings. The van der Waals surface area contributed by atoms with E-state index in [9.17, 15) is 9.59 Å². The van der Waals surface area contributed by atoms with Crippen LogP contribution >= 0.6 is 11.3 Å². The Balaban J connectivity index is 2.29. The summed E-state index contributed by atoms with van der Waals surface area (Å²) in [6, 6.07) is 9.78. The molecule has 0 aliphatic rings. The molecule has 2 rings (SSSR count). The SMILES string of the molecule is Cc1ccsc1C=C(C#N)C(=O)Nc1ccccc1C(=O)O. The highest BCUT2D eigenvalue weighted by atomic mass is 32.1. The lowest BCUT2D eigenvalue weighted by Crippen LogP contribution is -2.16. The van der Waals surface area contributed by atoms with Gasteiger partial charge in [0.1, 0.15) is 11.6 Å². The molecule has 1 aromatic carbocycles. The summed E-state index contributed by atoms with van der Waals surface area (Å²) in [5, 5.41) is 22.6. The van der Waals surface area contributed by atoms with Crippen LogP contribution in [0.5, 0.6) is 0 Å². The number of thiophene rings is 1. The van der Waals surface area contributed by atoms with E-state index in [1.54, 1.807) is 12.1 Å². The fourth-order valence-corrected chi connectivity index (χ4v) is 2.64. The quantitative estimate of drug-likeness (QED) is 0.669. The molecule has 22 heavy (non-hydrogen) atoms. The zero-order valence-electron chi connectivity index (χ0n) is 11.7. The molecule has 0 spiro atoms. The average Bonchev–Trinajstić information content (AvgIpc) is 2.90. The van der Waals surface area contributed by atoms with Crippen LogP contribution in [0.25, 0.3) is 6.08 Å². The van der Waals surface area contributed by atoms with Gasteiger partial charge in [-0.15, -0.1) is 11.3 Å². The van der Waals surface area contributed by atoms with Crippen LogP contribution in [-0.2, 0) is 4.79 Å². The number of nitriles is 1. The number of aryl methyl sites for hydroxylation is 1. The third kappa shape index (κ3) is 3.40. The van der Waals surface area contributed by atoms with Gasteiger partial charge in [-0.2, -0.15) is 5.26 Å². The third-order valence-electron chi connectivity index (χ3n) is 2.95. The molecule has 1 aromatic heterocycles. The van der Waals surface area contributed by atoms with E-state index in [1.807, 2.05) is 24.4 Å². The Kier molecular flexibility index (Phi) is 4.71. The molecule has 110 valence electrons. The van der Waals surface area contributed by atoms with E-state index in [4.69, 9.17) is 10.4 Å². The van der Waals surface area contributed by atoms with E-state index in [0.717, 1.165) is 10.4 Å². The molecule has 0 atom stereocenters. The number of benzene rings is 1. The minimum absolute atomic E-state index is 0.0274. The number of carbonyl (C=O) groups excluding carboxylic acids is 1. The van der Waals surface area contributed by atoms with E-state index in [0.29, 0.717) is 0 Å². The summed E-state index contributed by atoms with van der Waals surface area (Å²) in [6.07, 6.45) is 1.50. The molecule has 1 amide bonds. The molecule has 2 N–H and O–H groups in total. The second-order valence-electron chi connectivity index (χ2n) is 4.44. The van der Waals surface area contributed by atoms with Gasteiger partial charge >= 0.3 is 5.97 Å². The fraction of sp³-hybridized carbons (Fsp3) is 0.0625. The molecule has 0 saturated heterocycles. The maximum absolute atomic E-state index is 12.2. The lowest BCUT2D eigenvalue weighted by molar-refractivity contribution is -0.112. The number of anilines is 1. The highest BCUT2D eigenvalue weighted by Crippen LogP contribution is 2.20. The summed E-state index contributed by atoms with van der Waals surface area (Å²) in [5.41, 5.74) is 1.02. The number of para-hydroxylation sites is 1. The maximum Gasteiger partial charge on any atom is 0.337 e. The van der Waals surface area contributed by atoms with Crippen molar-refractivity contribution in [1.82, 2.24) is 0 Å². The molecule has 1 heterocycles. The van der Waals surface area contributed by atoms with Crippen molar-refractivity contribution in [2.75, 3.05) is 5.32 Å². The molecule has 0 unspecified atom stereocenters. The summed E-state index contributed by atoms with van der Waals surface area (Å²) in [4.78, 5) is 24.1. The molecule has 0 fully saturated rings. The minimum Gasteiger partial charge on any atom is -0.478 e. The Morgan fingerprint density at radius 2 is 2.05 bits per heavy atom. The average molecular weight is 312 g/mol. The molecule has 0 radical (unpaired) electrons. The van der Waals surface area contributed by atoms with Crippen molar-refractivity contribution in [2.24, 2.45) is 0 Å². The van der Waals surface area contributed by atoms with Gasteiger partial charge in [-0.25, -0.2) is 4.79 Å². The van der Waals surface area contributed by atoms with Gasteiger partial charge in [0, 0.05) is 4.88 Å². The van der Waals surface area contributed by atoms with Crippen LogP contribution in [0.4, 0.5) is 5.69 Å². The van der Waals surface area contributed by atoms with Gasteiger partial charge in [-0.1, -0.05) is 12.1 Å². The molecular weight excluding hydrogens is 300 g/mol. The Morgan fingerprint density at radius 1 is 1.32 bits per heavy atom. The number of carboxylic acid groups (broad SMARTS) is 1. The second kappa shape index (κ2) is 6.70. The first-order valence-corrected chi connectivity index (χ1v) is 7.20. The Hall–Kier alpha value is -2.91. The molecule has 5 nitrogen and oxygen atoms in total. The van der Waals surface area contributed by atoms with Crippen LogP contribution in [0.2, 0.25) is 0 Å². The van der Waals surface area contributed by atoms with Crippen LogP contribution in [0.3, 0.4) is 0 Å². The third-order valence-corrected chi connectivity index (χ3v) is 3.91. The van der Waals surface area contributed by atoms with Crippen molar-refractivity contribution in [3.8, 4) is 6.07 Å². The van der Waals surface area contributed by atoms with Gasteiger partial charge in [0.25, 0.3) is 5.91 Å².